The molecule has 2 heterocycles. The van der Waals surface area contributed by atoms with Crippen molar-refractivity contribution < 1.29 is 9.59 Å². The van der Waals surface area contributed by atoms with Crippen LogP contribution in [-0.4, -0.2) is 33.7 Å². The van der Waals surface area contributed by atoms with Crippen LogP contribution in [0.15, 0.2) is 23.8 Å². The Morgan fingerprint density at radius 2 is 2.04 bits per heavy atom. The highest BCUT2D eigenvalue weighted by molar-refractivity contribution is 7.14. The van der Waals surface area contributed by atoms with Gasteiger partial charge < -0.3 is 16.4 Å². The number of nitrogens with two attached hydrogens (primary N) is 1. The van der Waals surface area contributed by atoms with Crippen LogP contribution < -0.4 is 16.4 Å². The van der Waals surface area contributed by atoms with Crippen molar-refractivity contribution in [2.45, 2.75) is 45.8 Å². The molecule has 2 amide bonds. The third-order valence-corrected chi connectivity index (χ3v) is 4.77. The van der Waals surface area contributed by atoms with E-state index >= 15 is 0 Å². The Labute approximate surface area is 145 Å². The van der Waals surface area contributed by atoms with Gasteiger partial charge in [-0.3, -0.25) is 14.3 Å². The summed E-state index contributed by atoms with van der Waals surface area (Å²) in [5.41, 5.74) is 6.71. The number of aromatic nitrogens is 2. The molecule has 0 bridgehead atoms. The Bertz CT molecular complexity index is 724. The number of nitrogens with zero attached hydrogens (tertiary/aromatic N) is 2. The molecule has 3 atom stereocenters. The molecule has 0 aliphatic heterocycles. The van der Waals surface area contributed by atoms with E-state index in [1.54, 1.807) is 18.4 Å². The van der Waals surface area contributed by atoms with Crippen molar-refractivity contribution in [2.75, 3.05) is 5.32 Å². The minimum absolute atomic E-state index is 0.0315. The van der Waals surface area contributed by atoms with E-state index in [4.69, 9.17) is 5.73 Å². The fourth-order valence-corrected chi connectivity index (χ4v) is 3.11. The summed E-state index contributed by atoms with van der Waals surface area (Å²) in [5, 5.41) is 12.5. The maximum absolute atomic E-state index is 12.3. The molecule has 2 aromatic rings. The average molecular weight is 349 g/mol. The molecule has 0 radical (unpaired) electrons. The van der Waals surface area contributed by atoms with Gasteiger partial charge in [-0.05, 0) is 44.7 Å². The zero-order valence-electron chi connectivity index (χ0n) is 14.2. The number of hydrogen-bond donors (Lipinski definition) is 3. The van der Waals surface area contributed by atoms with Crippen LogP contribution in [0.5, 0.6) is 0 Å². The van der Waals surface area contributed by atoms with Gasteiger partial charge in [0.2, 0.25) is 5.91 Å². The highest BCUT2D eigenvalue weighted by atomic mass is 32.1. The second-order valence-corrected chi connectivity index (χ2v) is 6.85. The maximum Gasteiger partial charge on any atom is 0.251 e. The van der Waals surface area contributed by atoms with Gasteiger partial charge in [-0.2, -0.15) is 5.10 Å². The molecule has 0 saturated carbocycles. The van der Waals surface area contributed by atoms with E-state index in [-0.39, 0.29) is 18.0 Å². The third-order valence-electron chi connectivity index (χ3n) is 3.95. The normalized spacial score (nSPS) is 14.8. The van der Waals surface area contributed by atoms with Crippen LogP contribution in [0.25, 0.3) is 0 Å². The van der Waals surface area contributed by atoms with Gasteiger partial charge >= 0.3 is 0 Å². The summed E-state index contributed by atoms with van der Waals surface area (Å²) >= 11 is 1.27. The lowest BCUT2D eigenvalue weighted by Gasteiger charge is -2.25. The smallest absolute Gasteiger partial charge is 0.251 e. The summed E-state index contributed by atoms with van der Waals surface area (Å²) in [7, 11) is 0. The second kappa shape index (κ2) is 7.59. The van der Waals surface area contributed by atoms with Gasteiger partial charge in [0, 0.05) is 12.2 Å². The lowest BCUT2D eigenvalue weighted by atomic mass is 10.1. The minimum Gasteiger partial charge on any atom is -0.366 e. The molecule has 0 aliphatic rings. The van der Waals surface area contributed by atoms with Crippen LogP contribution in [0.2, 0.25) is 0 Å². The average Bonchev–Trinajstić information content (AvgIpc) is 3.15. The van der Waals surface area contributed by atoms with Crippen molar-refractivity contribution in [1.29, 1.82) is 0 Å². The zero-order valence-corrected chi connectivity index (χ0v) is 15.1. The SMILES string of the molecule is Cc1cnn([C@H](C)[C@H](C)N[C@@H](C)C(=O)Nc2sccc2C(N)=O)c1. The first-order valence-corrected chi connectivity index (χ1v) is 8.62. The summed E-state index contributed by atoms with van der Waals surface area (Å²) in [5.74, 6) is -0.765. The molecule has 2 rings (SSSR count). The third kappa shape index (κ3) is 4.21. The van der Waals surface area contributed by atoms with Crippen LogP contribution in [-0.2, 0) is 4.79 Å². The highest BCUT2D eigenvalue weighted by Crippen LogP contribution is 2.22. The van der Waals surface area contributed by atoms with E-state index in [0.717, 1.165) is 5.56 Å². The summed E-state index contributed by atoms with van der Waals surface area (Å²) in [6.07, 6.45) is 3.78. The topological polar surface area (TPSA) is 102 Å². The first-order valence-electron chi connectivity index (χ1n) is 7.74. The standard InChI is InChI=1S/C16H23N5O2S/c1-9-7-18-21(8-9)12(4)10(2)19-11(3)15(23)20-16-13(14(17)22)5-6-24-16/h5-8,10-12,19H,1-4H3,(H2,17,22)(H,20,23)/t10-,11-,12+/m0/s1. The number of hydrogen-bond acceptors (Lipinski definition) is 5. The molecule has 8 heteroatoms. The van der Waals surface area contributed by atoms with E-state index in [9.17, 15) is 9.59 Å². The molecular weight excluding hydrogens is 326 g/mol. The van der Waals surface area contributed by atoms with Crippen molar-refractivity contribution in [3.63, 3.8) is 0 Å². The van der Waals surface area contributed by atoms with Crippen molar-refractivity contribution in [1.82, 2.24) is 15.1 Å². The Hall–Kier alpha value is -2.19. The van der Waals surface area contributed by atoms with E-state index in [1.165, 1.54) is 11.3 Å². The lowest BCUT2D eigenvalue weighted by Crippen LogP contribution is -2.45. The summed E-state index contributed by atoms with van der Waals surface area (Å²) < 4.78 is 1.88. The zero-order chi connectivity index (χ0) is 17.9. The minimum atomic E-state index is -0.553. The largest absolute Gasteiger partial charge is 0.366 e. The Balaban J connectivity index is 1.95. The monoisotopic (exact) mass is 349 g/mol. The van der Waals surface area contributed by atoms with Crippen molar-refractivity contribution in [2.24, 2.45) is 5.73 Å². The van der Waals surface area contributed by atoms with Crippen molar-refractivity contribution >= 4 is 28.2 Å². The van der Waals surface area contributed by atoms with Gasteiger partial charge in [-0.25, -0.2) is 0 Å². The molecule has 0 unspecified atom stereocenters. The van der Waals surface area contributed by atoms with Gasteiger partial charge in [-0.1, -0.05) is 0 Å². The Morgan fingerprint density at radius 1 is 1.33 bits per heavy atom. The summed E-state index contributed by atoms with van der Waals surface area (Å²) in [6.45, 7) is 7.82. The Kier molecular flexibility index (Phi) is 5.74. The predicted molar refractivity (Wildman–Crippen MR) is 95.2 cm³/mol. The number of carbonyl (C=O) groups is 2. The fraction of sp³-hybridized carbons (Fsp3) is 0.438. The first-order chi connectivity index (χ1) is 11.3. The van der Waals surface area contributed by atoms with E-state index < -0.39 is 11.9 Å². The molecule has 4 N–H and O–H groups in total. The quantitative estimate of drug-likeness (QED) is 0.710. The molecule has 0 aromatic carbocycles. The number of amides is 2. The Morgan fingerprint density at radius 3 is 2.62 bits per heavy atom. The number of primary amides is 1. The molecule has 0 saturated heterocycles. The van der Waals surface area contributed by atoms with Crippen LogP contribution in [0.3, 0.4) is 0 Å². The molecule has 24 heavy (non-hydrogen) atoms. The fourth-order valence-electron chi connectivity index (χ4n) is 2.31. The molecular formula is C16H23N5O2S. The van der Waals surface area contributed by atoms with Crippen LogP contribution in [0.4, 0.5) is 5.00 Å². The molecule has 2 aromatic heterocycles. The lowest BCUT2D eigenvalue weighted by molar-refractivity contribution is -0.118. The first kappa shape index (κ1) is 18.2. The van der Waals surface area contributed by atoms with Crippen LogP contribution >= 0.6 is 11.3 Å². The van der Waals surface area contributed by atoms with Gasteiger partial charge in [0.05, 0.1) is 23.8 Å². The summed E-state index contributed by atoms with van der Waals surface area (Å²) in [4.78, 5) is 23.7. The summed E-state index contributed by atoms with van der Waals surface area (Å²) in [6, 6.07) is 1.30. The number of anilines is 1. The number of rotatable bonds is 7. The van der Waals surface area contributed by atoms with Gasteiger partial charge in [0.25, 0.3) is 5.91 Å². The number of nitrogens with one attached hydrogen (secondary N) is 2. The molecule has 130 valence electrons. The highest BCUT2D eigenvalue weighted by Gasteiger charge is 2.22. The predicted octanol–water partition coefficient (Wildman–Crippen LogP) is 1.92. The van der Waals surface area contributed by atoms with Crippen molar-refractivity contribution in [3.05, 3.63) is 35.0 Å². The number of carbonyl (C=O) groups excluding carboxylic acids is 2. The molecule has 0 fully saturated rings. The van der Waals surface area contributed by atoms with Gasteiger partial charge in [0.15, 0.2) is 0 Å². The molecule has 7 nitrogen and oxygen atoms in total. The van der Waals surface area contributed by atoms with Crippen LogP contribution in [0.1, 0.15) is 42.7 Å². The van der Waals surface area contributed by atoms with Crippen molar-refractivity contribution in [3.8, 4) is 0 Å². The molecule has 0 aliphatic carbocycles. The number of aryl methyl sites for hydroxylation is 1. The van der Waals surface area contributed by atoms with Gasteiger partial charge in [0.1, 0.15) is 5.00 Å². The van der Waals surface area contributed by atoms with E-state index in [2.05, 4.69) is 15.7 Å². The van der Waals surface area contributed by atoms with Crippen LogP contribution in [0, 0.1) is 6.92 Å². The van der Waals surface area contributed by atoms with Gasteiger partial charge in [-0.15, -0.1) is 11.3 Å². The maximum atomic E-state index is 12.3. The number of thiophene rings is 1. The van der Waals surface area contributed by atoms with E-state index in [1.807, 2.05) is 37.8 Å². The second-order valence-electron chi connectivity index (χ2n) is 5.93. The van der Waals surface area contributed by atoms with E-state index in [0.29, 0.717) is 10.6 Å². The molecule has 0 spiro atoms.